The molecule has 0 spiro atoms. The second-order valence-corrected chi connectivity index (χ2v) is 6.33. The molecule has 110 valence electrons. The van der Waals surface area contributed by atoms with Crippen LogP contribution in [0.3, 0.4) is 0 Å². The topological polar surface area (TPSA) is 38.3 Å². The normalized spacial score (nSPS) is 17.0. The van der Waals surface area contributed by atoms with Crippen LogP contribution >= 0.6 is 11.6 Å². The van der Waals surface area contributed by atoms with E-state index in [9.17, 15) is 4.79 Å². The van der Waals surface area contributed by atoms with E-state index < -0.39 is 5.60 Å². The second kappa shape index (κ2) is 6.15. The van der Waals surface area contributed by atoms with Gasteiger partial charge in [0.2, 0.25) is 0 Å². The standard InChI is InChI=1S/C16H22ClNO2/c1-11-5-4-6-13(14(11)17)15(19)20-16(2,3)12-7-9-18-10-8-12/h4-6,12,18H,7-10H2,1-3H3. The van der Waals surface area contributed by atoms with E-state index in [4.69, 9.17) is 16.3 Å². The molecule has 3 nitrogen and oxygen atoms in total. The van der Waals surface area contributed by atoms with Gasteiger partial charge in [-0.15, -0.1) is 0 Å². The van der Waals surface area contributed by atoms with Crippen molar-refractivity contribution >= 4 is 17.6 Å². The molecule has 4 heteroatoms. The molecule has 1 fully saturated rings. The quantitative estimate of drug-likeness (QED) is 0.866. The maximum atomic E-state index is 12.4. The van der Waals surface area contributed by atoms with Crippen LogP contribution in [0.25, 0.3) is 0 Å². The van der Waals surface area contributed by atoms with Gasteiger partial charge in [0.15, 0.2) is 0 Å². The average Bonchev–Trinajstić information content (AvgIpc) is 2.42. The molecule has 1 aromatic carbocycles. The van der Waals surface area contributed by atoms with Crippen LogP contribution in [0.1, 0.15) is 42.6 Å². The molecule has 1 N–H and O–H groups in total. The fourth-order valence-electron chi connectivity index (χ4n) is 2.70. The molecule has 0 unspecified atom stereocenters. The van der Waals surface area contributed by atoms with E-state index in [-0.39, 0.29) is 5.97 Å². The highest BCUT2D eigenvalue weighted by atomic mass is 35.5. The van der Waals surface area contributed by atoms with Crippen LogP contribution in [0.4, 0.5) is 0 Å². The first-order chi connectivity index (χ1) is 9.42. The van der Waals surface area contributed by atoms with Gasteiger partial charge >= 0.3 is 5.97 Å². The summed E-state index contributed by atoms with van der Waals surface area (Å²) in [5.74, 6) is 0.0542. The Kier molecular flexibility index (Phi) is 4.71. The first-order valence-electron chi connectivity index (χ1n) is 7.11. The van der Waals surface area contributed by atoms with Crippen LogP contribution in [-0.2, 0) is 4.74 Å². The maximum absolute atomic E-state index is 12.4. The third-order valence-corrected chi connectivity index (χ3v) is 4.59. The van der Waals surface area contributed by atoms with Crippen LogP contribution in [0.5, 0.6) is 0 Å². The summed E-state index contributed by atoms with van der Waals surface area (Å²) in [5.41, 5.74) is 0.876. The second-order valence-electron chi connectivity index (χ2n) is 5.95. The minimum absolute atomic E-state index is 0.331. The van der Waals surface area contributed by atoms with Crippen molar-refractivity contribution < 1.29 is 9.53 Å². The zero-order valence-electron chi connectivity index (χ0n) is 12.3. The third kappa shape index (κ3) is 3.33. The SMILES string of the molecule is Cc1cccc(C(=O)OC(C)(C)C2CCNCC2)c1Cl. The number of benzene rings is 1. The van der Waals surface area contributed by atoms with E-state index >= 15 is 0 Å². The van der Waals surface area contributed by atoms with Crippen LogP contribution in [0.15, 0.2) is 18.2 Å². The van der Waals surface area contributed by atoms with Crippen molar-refractivity contribution in [2.24, 2.45) is 5.92 Å². The van der Waals surface area contributed by atoms with Crippen molar-refractivity contribution in [2.45, 2.75) is 39.2 Å². The highest BCUT2D eigenvalue weighted by Crippen LogP contribution is 2.31. The first-order valence-corrected chi connectivity index (χ1v) is 7.49. The molecule has 0 aliphatic carbocycles. The molecule has 0 saturated carbocycles. The summed E-state index contributed by atoms with van der Waals surface area (Å²) in [6, 6.07) is 5.43. The molecule has 0 radical (unpaired) electrons. The first kappa shape index (κ1) is 15.3. The Morgan fingerprint density at radius 1 is 1.35 bits per heavy atom. The summed E-state index contributed by atoms with van der Waals surface area (Å²) in [6.45, 7) is 7.83. The zero-order chi connectivity index (χ0) is 14.8. The minimum Gasteiger partial charge on any atom is -0.456 e. The highest BCUT2D eigenvalue weighted by molar-refractivity contribution is 6.34. The van der Waals surface area contributed by atoms with Gasteiger partial charge in [-0.25, -0.2) is 4.79 Å². The van der Waals surface area contributed by atoms with Gasteiger partial charge in [0.05, 0.1) is 10.6 Å². The average molecular weight is 296 g/mol. The Morgan fingerprint density at radius 2 is 2.00 bits per heavy atom. The fraction of sp³-hybridized carbons (Fsp3) is 0.562. The number of aryl methyl sites for hydroxylation is 1. The molecule has 0 atom stereocenters. The van der Waals surface area contributed by atoms with E-state index in [1.54, 1.807) is 6.07 Å². The molecular weight excluding hydrogens is 274 g/mol. The lowest BCUT2D eigenvalue weighted by Gasteiger charge is -2.36. The number of carbonyl (C=O) groups is 1. The number of esters is 1. The Balaban J connectivity index is 2.11. The molecular formula is C16H22ClNO2. The summed E-state index contributed by atoms with van der Waals surface area (Å²) in [6.07, 6.45) is 2.06. The van der Waals surface area contributed by atoms with Crippen molar-refractivity contribution in [3.05, 3.63) is 34.3 Å². The monoisotopic (exact) mass is 295 g/mol. The van der Waals surface area contributed by atoms with E-state index in [0.717, 1.165) is 31.5 Å². The number of piperidine rings is 1. The van der Waals surface area contributed by atoms with E-state index in [2.05, 4.69) is 5.32 Å². The maximum Gasteiger partial charge on any atom is 0.340 e. The van der Waals surface area contributed by atoms with Gasteiger partial charge in [-0.05, 0) is 58.3 Å². The largest absolute Gasteiger partial charge is 0.456 e. The van der Waals surface area contributed by atoms with Crippen LogP contribution in [-0.4, -0.2) is 24.7 Å². The number of hydrogen-bond acceptors (Lipinski definition) is 3. The van der Waals surface area contributed by atoms with Crippen molar-refractivity contribution in [1.82, 2.24) is 5.32 Å². The van der Waals surface area contributed by atoms with Gasteiger partial charge in [0.25, 0.3) is 0 Å². The number of carbonyl (C=O) groups excluding carboxylic acids is 1. The molecule has 2 rings (SSSR count). The van der Waals surface area contributed by atoms with Crippen molar-refractivity contribution in [3.63, 3.8) is 0 Å². The lowest BCUT2D eigenvalue weighted by atomic mass is 9.83. The van der Waals surface area contributed by atoms with Gasteiger partial charge in [-0.2, -0.15) is 0 Å². The van der Waals surface area contributed by atoms with Gasteiger partial charge in [0.1, 0.15) is 5.60 Å². The third-order valence-electron chi connectivity index (χ3n) is 4.09. The molecule has 1 saturated heterocycles. The van der Waals surface area contributed by atoms with Crippen LogP contribution in [0, 0.1) is 12.8 Å². The highest BCUT2D eigenvalue weighted by Gasteiger charge is 2.34. The number of nitrogens with one attached hydrogen (secondary N) is 1. The molecule has 1 aliphatic rings. The van der Waals surface area contributed by atoms with Crippen LogP contribution < -0.4 is 5.32 Å². The lowest BCUT2D eigenvalue weighted by molar-refractivity contribution is -0.0368. The zero-order valence-corrected chi connectivity index (χ0v) is 13.1. The van der Waals surface area contributed by atoms with Gasteiger partial charge in [-0.3, -0.25) is 0 Å². The summed E-state index contributed by atoms with van der Waals surface area (Å²) < 4.78 is 5.75. The van der Waals surface area contributed by atoms with Crippen molar-refractivity contribution in [3.8, 4) is 0 Å². The summed E-state index contributed by atoms with van der Waals surface area (Å²) in [7, 11) is 0. The predicted octanol–water partition coefficient (Wildman–Crippen LogP) is 3.58. The Labute approximate surface area is 125 Å². The van der Waals surface area contributed by atoms with Gasteiger partial charge < -0.3 is 10.1 Å². The Morgan fingerprint density at radius 3 is 2.65 bits per heavy atom. The smallest absolute Gasteiger partial charge is 0.340 e. The fourth-order valence-corrected chi connectivity index (χ4v) is 2.90. The van der Waals surface area contributed by atoms with E-state index in [1.807, 2.05) is 32.9 Å². The van der Waals surface area contributed by atoms with Crippen molar-refractivity contribution in [2.75, 3.05) is 13.1 Å². The molecule has 0 bridgehead atoms. The van der Waals surface area contributed by atoms with Crippen LogP contribution in [0.2, 0.25) is 5.02 Å². The van der Waals surface area contributed by atoms with E-state index in [1.165, 1.54) is 0 Å². The number of hydrogen-bond donors (Lipinski definition) is 1. The molecule has 20 heavy (non-hydrogen) atoms. The Hall–Kier alpha value is -1.06. The summed E-state index contributed by atoms with van der Waals surface area (Å²) >= 11 is 6.19. The van der Waals surface area contributed by atoms with Crippen molar-refractivity contribution in [1.29, 1.82) is 0 Å². The van der Waals surface area contributed by atoms with Gasteiger partial charge in [0, 0.05) is 5.92 Å². The molecule has 1 heterocycles. The molecule has 0 aromatic heterocycles. The van der Waals surface area contributed by atoms with Gasteiger partial charge in [-0.1, -0.05) is 23.7 Å². The number of halogens is 1. The lowest BCUT2D eigenvalue weighted by Crippen LogP contribution is -2.42. The summed E-state index contributed by atoms with van der Waals surface area (Å²) in [5, 5.41) is 3.81. The van der Waals surface area contributed by atoms with E-state index in [0.29, 0.717) is 16.5 Å². The number of ether oxygens (including phenoxy) is 1. The molecule has 0 amide bonds. The Bertz CT molecular complexity index is 493. The minimum atomic E-state index is -0.466. The summed E-state index contributed by atoms with van der Waals surface area (Å²) in [4.78, 5) is 12.4. The molecule has 1 aromatic rings. The predicted molar refractivity (Wildman–Crippen MR) is 81.3 cm³/mol. The molecule has 1 aliphatic heterocycles. The number of rotatable bonds is 3.